The molecule has 1 atom stereocenters. The van der Waals surface area contributed by atoms with Gasteiger partial charge in [-0.3, -0.25) is 4.68 Å². The number of nitrogens with one attached hydrogen (secondary N) is 2. The van der Waals surface area contributed by atoms with Crippen LogP contribution >= 0.6 is 12.2 Å². The molecule has 2 rings (SSSR count). The molecule has 0 spiro atoms. The number of carbonyl (C=O) groups is 1. The number of hydrogen-bond donors (Lipinski definition) is 2. The Kier molecular flexibility index (Phi) is 3.33. The molecule has 0 saturated heterocycles. The number of nitrogens with zero attached hydrogens (tertiary/aromatic N) is 2. The number of ether oxygens (including phenoxy) is 1. The molecule has 2 heterocycles. The van der Waals surface area contributed by atoms with Crippen molar-refractivity contribution < 1.29 is 9.53 Å². The zero-order chi connectivity index (χ0) is 13.3. The van der Waals surface area contributed by atoms with E-state index in [1.54, 1.807) is 17.8 Å². The van der Waals surface area contributed by atoms with Crippen LogP contribution in [0.5, 0.6) is 0 Å². The molecule has 0 bridgehead atoms. The summed E-state index contributed by atoms with van der Waals surface area (Å²) < 4.78 is 6.48. The minimum atomic E-state index is -0.385. The van der Waals surface area contributed by atoms with E-state index in [0.717, 1.165) is 5.56 Å². The lowest BCUT2D eigenvalue weighted by atomic mass is 9.98. The molecule has 1 aromatic heterocycles. The molecule has 1 aromatic rings. The topological polar surface area (TPSA) is 68.2 Å². The van der Waals surface area contributed by atoms with Gasteiger partial charge in [0.05, 0.1) is 24.9 Å². The fourth-order valence-electron chi connectivity index (χ4n) is 1.91. The Morgan fingerprint density at radius 2 is 2.33 bits per heavy atom. The van der Waals surface area contributed by atoms with Crippen LogP contribution in [0.25, 0.3) is 0 Å². The third kappa shape index (κ3) is 2.21. The summed E-state index contributed by atoms with van der Waals surface area (Å²) in [6.45, 7) is 1.79. The number of methoxy groups -OCH3 is 1. The predicted molar refractivity (Wildman–Crippen MR) is 69.5 cm³/mol. The molecule has 0 fully saturated rings. The van der Waals surface area contributed by atoms with Crippen LogP contribution in [0.4, 0.5) is 0 Å². The predicted octanol–water partition coefficient (Wildman–Crippen LogP) is 0.386. The monoisotopic (exact) mass is 266 g/mol. The first-order chi connectivity index (χ1) is 8.52. The normalized spacial score (nSPS) is 19.3. The van der Waals surface area contributed by atoms with E-state index < -0.39 is 0 Å². The summed E-state index contributed by atoms with van der Waals surface area (Å²) in [5, 5.41) is 10.6. The first-order valence-corrected chi connectivity index (χ1v) is 5.79. The third-order valence-electron chi connectivity index (χ3n) is 2.73. The number of hydrogen-bond acceptors (Lipinski definition) is 4. The number of rotatable bonds is 2. The largest absolute Gasteiger partial charge is 0.466 e. The van der Waals surface area contributed by atoms with Gasteiger partial charge in [-0.05, 0) is 19.1 Å². The first-order valence-electron chi connectivity index (χ1n) is 5.38. The first kappa shape index (κ1) is 12.6. The van der Waals surface area contributed by atoms with Gasteiger partial charge in [-0.15, -0.1) is 0 Å². The van der Waals surface area contributed by atoms with Crippen LogP contribution in [-0.4, -0.2) is 28.0 Å². The van der Waals surface area contributed by atoms with Crippen molar-refractivity contribution in [3.05, 3.63) is 29.2 Å². The third-order valence-corrected chi connectivity index (χ3v) is 2.95. The second kappa shape index (κ2) is 4.77. The summed E-state index contributed by atoms with van der Waals surface area (Å²) in [5.74, 6) is -0.385. The lowest BCUT2D eigenvalue weighted by Crippen LogP contribution is -2.45. The van der Waals surface area contributed by atoms with Crippen LogP contribution in [0.2, 0.25) is 0 Å². The van der Waals surface area contributed by atoms with Crippen molar-refractivity contribution in [1.29, 1.82) is 0 Å². The Bertz CT molecular complexity index is 535. The number of carbonyl (C=O) groups excluding carboxylic acids is 1. The van der Waals surface area contributed by atoms with Crippen molar-refractivity contribution in [2.45, 2.75) is 13.0 Å². The zero-order valence-electron chi connectivity index (χ0n) is 10.4. The summed E-state index contributed by atoms with van der Waals surface area (Å²) in [6, 6.07) is -0.333. The Balaban J connectivity index is 2.45. The maximum absolute atomic E-state index is 11.8. The van der Waals surface area contributed by atoms with Crippen molar-refractivity contribution in [3.8, 4) is 0 Å². The minimum Gasteiger partial charge on any atom is -0.466 e. The highest BCUT2D eigenvalue weighted by Gasteiger charge is 2.31. The summed E-state index contributed by atoms with van der Waals surface area (Å²) >= 11 is 5.11. The van der Waals surface area contributed by atoms with E-state index in [2.05, 4.69) is 15.7 Å². The van der Waals surface area contributed by atoms with Gasteiger partial charge in [0.1, 0.15) is 0 Å². The zero-order valence-corrected chi connectivity index (χ0v) is 11.2. The SMILES string of the molecule is COC(=O)C1=C(C)NC(=S)NC1c1cnn(C)c1. The Morgan fingerprint density at radius 1 is 1.61 bits per heavy atom. The van der Waals surface area contributed by atoms with Crippen molar-refractivity contribution in [2.75, 3.05) is 7.11 Å². The highest BCUT2D eigenvalue weighted by molar-refractivity contribution is 7.80. The fraction of sp³-hybridized carbons (Fsp3) is 0.364. The van der Waals surface area contributed by atoms with Gasteiger partial charge in [-0.1, -0.05) is 0 Å². The lowest BCUT2D eigenvalue weighted by Gasteiger charge is -2.28. The summed E-state index contributed by atoms with van der Waals surface area (Å²) in [5.41, 5.74) is 2.07. The van der Waals surface area contributed by atoms with Gasteiger partial charge in [0.25, 0.3) is 0 Å². The van der Waals surface area contributed by atoms with Crippen molar-refractivity contribution >= 4 is 23.3 Å². The smallest absolute Gasteiger partial charge is 0.337 e. The van der Waals surface area contributed by atoms with E-state index in [1.165, 1.54) is 7.11 Å². The van der Waals surface area contributed by atoms with E-state index in [1.807, 2.05) is 13.2 Å². The van der Waals surface area contributed by atoms with Crippen LogP contribution in [-0.2, 0) is 16.6 Å². The highest BCUT2D eigenvalue weighted by atomic mass is 32.1. The number of thiocarbonyl (C=S) groups is 1. The molecule has 0 amide bonds. The van der Waals surface area contributed by atoms with Crippen LogP contribution in [0.1, 0.15) is 18.5 Å². The molecule has 1 aliphatic rings. The summed E-state index contributed by atoms with van der Waals surface area (Å²) in [6.07, 6.45) is 3.53. The Hall–Kier alpha value is -1.89. The van der Waals surface area contributed by atoms with Crippen molar-refractivity contribution in [2.24, 2.45) is 7.05 Å². The molecule has 0 aliphatic carbocycles. The number of aromatic nitrogens is 2. The molecule has 2 N–H and O–H groups in total. The minimum absolute atomic E-state index is 0.333. The average Bonchev–Trinajstić information content (AvgIpc) is 2.74. The van der Waals surface area contributed by atoms with Gasteiger partial charge < -0.3 is 15.4 Å². The summed E-state index contributed by atoms with van der Waals surface area (Å²) in [7, 11) is 3.17. The Labute approximate surface area is 110 Å². The second-order valence-electron chi connectivity index (χ2n) is 4.01. The van der Waals surface area contributed by atoms with Crippen LogP contribution < -0.4 is 10.6 Å². The molecule has 7 heteroatoms. The molecule has 0 aromatic carbocycles. The van der Waals surface area contributed by atoms with E-state index in [9.17, 15) is 4.79 Å². The highest BCUT2D eigenvalue weighted by Crippen LogP contribution is 2.26. The molecule has 0 saturated carbocycles. The van der Waals surface area contributed by atoms with Crippen molar-refractivity contribution in [3.63, 3.8) is 0 Å². The van der Waals surface area contributed by atoms with Gasteiger partial charge in [0.2, 0.25) is 0 Å². The van der Waals surface area contributed by atoms with Gasteiger partial charge >= 0.3 is 5.97 Å². The summed E-state index contributed by atoms with van der Waals surface area (Å²) in [4.78, 5) is 11.8. The molecular formula is C11H14N4O2S. The van der Waals surface area contributed by atoms with E-state index in [4.69, 9.17) is 17.0 Å². The molecule has 0 radical (unpaired) electrons. The van der Waals surface area contributed by atoms with Gasteiger partial charge in [0, 0.05) is 24.5 Å². The van der Waals surface area contributed by atoms with Crippen LogP contribution in [0.3, 0.4) is 0 Å². The fourth-order valence-corrected chi connectivity index (χ4v) is 2.18. The van der Waals surface area contributed by atoms with Gasteiger partial charge in [-0.2, -0.15) is 5.10 Å². The van der Waals surface area contributed by atoms with E-state index in [-0.39, 0.29) is 12.0 Å². The standard InChI is InChI=1S/C11H14N4O2S/c1-6-8(10(16)17-3)9(14-11(18)13-6)7-4-12-15(2)5-7/h4-5,9H,1-3H3,(H2,13,14,18). The number of allylic oxidation sites excluding steroid dienone is 1. The van der Waals surface area contributed by atoms with Crippen LogP contribution in [0.15, 0.2) is 23.7 Å². The number of aryl methyl sites for hydroxylation is 1. The second-order valence-corrected chi connectivity index (χ2v) is 4.42. The quantitative estimate of drug-likeness (QED) is 0.596. The molecule has 6 nitrogen and oxygen atoms in total. The lowest BCUT2D eigenvalue weighted by molar-refractivity contribution is -0.136. The van der Waals surface area contributed by atoms with E-state index in [0.29, 0.717) is 16.4 Å². The Morgan fingerprint density at radius 3 is 2.89 bits per heavy atom. The van der Waals surface area contributed by atoms with E-state index >= 15 is 0 Å². The molecule has 18 heavy (non-hydrogen) atoms. The molecule has 1 unspecified atom stereocenters. The molecular weight excluding hydrogens is 252 g/mol. The maximum atomic E-state index is 11.8. The van der Waals surface area contributed by atoms with Gasteiger partial charge in [-0.25, -0.2) is 4.79 Å². The molecule has 1 aliphatic heterocycles. The molecule has 96 valence electrons. The van der Waals surface area contributed by atoms with Gasteiger partial charge in [0.15, 0.2) is 5.11 Å². The number of esters is 1. The average molecular weight is 266 g/mol. The van der Waals surface area contributed by atoms with Crippen molar-refractivity contribution in [1.82, 2.24) is 20.4 Å². The maximum Gasteiger partial charge on any atom is 0.337 e. The van der Waals surface area contributed by atoms with Crippen LogP contribution in [0, 0.1) is 0 Å².